The van der Waals surface area contributed by atoms with E-state index in [4.69, 9.17) is 0 Å². The topological polar surface area (TPSA) is 68.9 Å². The molecule has 1 amide bonds. The Morgan fingerprint density at radius 2 is 1.96 bits per heavy atom. The van der Waals surface area contributed by atoms with Crippen LogP contribution in [-0.4, -0.2) is 20.0 Å². The van der Waals surface area contributed by atoms with Crippen molar-refractivity contribution in [3.8, 4) is 10.6 Å². The van der Waals surface area contributed by atoms with Crippen LogP contribution < -0.4 is 11.0 Å². The highest BCUT2D eigenvalue weighted by Crippen LogP contribution is 2.28. The molecular formula is C17H14N4O2S2. The monoisotopic (exact) mass is 370 g/mol. The fourth-order valence-corrected chi connectivity index (χ4v) is 4.17. The first kappa shape index (κ1) is 15.8. The first-order valence-corrected chi connectivity index (χ1v) is 9.33. The van der Waals surface area contributed by atoms with Crippen molar-refractivity contribution in [1.29, 1.82) is 0 Å². The van der Waals surface area contributed by atoms with Gasteiger partial charge in [0.25, 0.3) is 0 Å². The van der Waals surface area contributed by atoms with E-state index in [9.17, 15) is 9.59 Å². The molecule has 0 unspecified atom stereocenters. The molecule has 1 N–H and O–H groups in total. The standard InChI is InChI=1S/C17H14N4O2S2/c1-20-12-5-2-3-6-13(12)21(17(20)23)9-15(22)19-16-18-11(10-25-16)14-7-4-8-24-14/h2-8,10H,9H2,1H3,(H,18,19,22). The van der Waals surface area contributed by atoms with Crippen LogP contribution in [0.2, 0.25) is 0 Å². The smallest absolute Gasteiger partial charge is 0.300 e. The lowest BCUT2D eigenvalue weighted by Gasteiger charge is -2.03. The second-order valence-corrected chi connectivity index (χ2v) is 7.29. The summed E-state index contributed by atoms with van der Waals surface area (Å²) in [7, 11) is 1.70. The third kappa shape index (κ3) is 2.90. The number of rotatable bonds is 4. The van der Waals surface area contributed by atoms with Crippen LogP contribution in [0.3, 0.4) is 0 Å². The molecule has 0 spiro atoms. The van der Waals surface area contributed by atoms with Gasteiger partial charge in [-0.25, -0.2) is 9.78 Å². The summed E-state index contributed by atoms with van der Waals surface area (Å²) in [5.41, 5.74) is 2.17. The highest BCUT2D eigenvalue weighted by Gasteiger charge is 2.14. The third-order valence-corrected chi connectivity index (χ3v) is 5.53. The van der Waals surface area contributed by atoms with Crippen LogP contribution in [0.25, 0.3) is 21.6 Å². The minimum absolute atomic E-state index is 0.0475. The van der Waals surface area contributed by atoms with E-state index in [0.29, 0.717) is 5.13 Å². The number of carbonyl (C=O) groups is 1. The molecule has 25 heavy (non-hydrogen) atoms. The van der Waals surface area contributed by atoms with Crippen LogP contribution in [0.4, 0.5) is 5.13 Å². The molecule has 0 fully saturated rings. The third-order valence-electron chi connectivity index (χ3n) is 3.88. The minimum atomic E-state index is -0.273. The Hall–Kier alpha value is -2.71. The molecule has 6 nitrogen and oxygen atoms in total. The summed E-state index contributed by atoms with van der Waals surface area (Å²) in [5, 5.41) is 7.20. The molecule has 0 radical (unpaired) electrons. The van der Waals surface area contributed by atoms with Crippen molar-refractivity contribution in [3.63, 3.8) is 0 Å². The Labute approximate surface area is 151 Å². The second-order valence-electron chi connectivity index (χ2n) is 5.48. The number of thiophene rings is 1. The van der Waals surface area contributed by atoms with Crippen LogP contribution >= 0.6 is 22.7 Å². The van der Waals surface area contributed by atoms with E-state index in [1.54, 1.807) is 23.0 Å². The molecule has 126 valence electrons. The average Bonchev–Trinajstić information content (AvgIpc) is 3.33. The quantitative estimate of drug-likeness (QED) is 0.600. The number of amides is 1. The van der Waals surface area contributed by atoms with Gasteiger partial charge in [-0.2, -0.15) is 0 Å². The molecule has 8 heteroatoms. The number of para-hydroxylation sites is 2. The normalized spacial score (nSPS) is 11.1. The average molecular weight is 370 g/mol. The van der Waals surface area contributed by atoms with E-state index in [1.165, 1.54) is 15.9 Å². The number of benzene rings is 1. The lowest BCUT2D eigenvalue weighted by Crippen LogP contribution is -2.28. The summed E-state index contributed by atoms with van der Waals surface area (Å²) in [4.78, 5) is 30.2. The molecule has 0 aliphatic heterocycles. The summed E-state index contributed by atoms with van der Waals surface area (Å²) in [6.45, 7) is -0.0475. The molecule has 3 aromatic heterocycles. The van der Waals surface area contributed by atoms with Crippen LogP contribution in [-0.2, 0) is 18.4 Å². The van der Waals surface area contributed by atoms with Gasteiger partial charge in [0.05, 0.1) is 21.6 Å². The fourth-order valence-electron chi connectivity index (χ4n) is 2.69. The number of anilines is 1. The summed E-state index contributed by atoms with van der Waals surface area (Å²) in [6.07, 6.45) is 0. The number of fused-ring (bicyclic) bond motifs is 1. The van der Waals surface area contributed by atoms with Crippen LogP contribution in [0, 0.1) is 0 Å². The maximum absolute atomic E-state index is 12.4. The zero-order valence-corrected chi connectivity index (χ0v) is 14.9. The summed E-state index contributed by atoms with van der Waals surface area (Å²) in [5.74, 6) is -0.273. The number of carbonyl (C=O) groups excluding carboxylic acids is 1. The van der Waals surface area contributed by atoms with Gasteiger partial charge >= 0.3 is 5.69 Å². The van der Waals surface area contributed by atoms with Gasteiger partial charge in [-0.1, -0.05) is 18.2 Å². The van der Waals surface area contributed by atoms with Gasteiger partial charge in [-0.15, -0.1) is 22.7 Å². The Morgan fingerprint density at radius 1 is 1.16 bits per heavy atom. The SMILES string of the molecule is Cn1c(=O)n(CC(=O)Nc2nc(-c3cccs3)cs2)c2ccccc21. The Morgan fingerprint density at radius 3 is 2.72 bits per heavy atom. The van der Waals surface area contributed by atoms with E-state index >= 15 is 0 Å². The first-order valence-electron chi connectivity index (χ1n) is 7.57. The van der Waals surface area contributed by atoms with E-state index in [-0.39, 0.29) is 18.1 Å². The van der Waals surface area contributed by atoms with Crippen LogP contribution in [0.15, 0.2) is 52.0 Å². The Balaban J connectivity index is 1.56. The van der Waals surface area contributed by atoms with Crippen molar-refractivity contribution < 1.29 is 4.79 Å². The highest BCUT2D eigenvalue weighted by molar-refractivity contribution is 7.16. The first-order chi connectivity index (χ1) is 12.1. The van der Waals surface area contributed by atoms with E-state index < -0.39 is 0 Å². The molecule has 0 aliphatic carbocycles. The van der Waals surface area contributed by atoms with Gasteiger partial charge in [0.15, 0.2) is 5.13 Å². The van der Waals surface area contributed by atoms with Crippen LogP contribution in [0.1, 0.15) is 0 Å². The Bertz CT molecular complexity index is 1110. The molecule has 0 bridgehead atoms. The maximum Gasteiger partial charge on any atom is 0.329 e. The van der Waals surface area contributed by atoms with E-state index in [0.717, 1.165) is 21.6 Å². The number of aryl methyl sites for hydroxylation is 1. The van der Waals surface area contributed by atoms with Crippen molar-refractivity contribution in [2.24, 2.45) is 7.05 Å². The second kappa shape index (κ2) is 6.30. The number of hydrogen-bond donors (Lipinski definition) is 1. The molecule has 0 aliphatic rings. The van der Waals surface area contributed by atoms with E-state index in [1.807, 2.05) is 47.2 Å². The van der Waals surface area contributed by atoms with Gasteiger partial charge in [-0.05, 0) is 23.6 Å². The summed E-state index contributed by atoms with van der Waals surface area (Å²) >= 11 is 2.97. The summed E-state index contributed by atoms with van der Waals surface area (Å²) < 4.78 is 3.01. The fraction of sp³-hybridized carbons (Fsp3) is 0.118. The van der Waals surface area contributed by atoms with Crippen molar-refractivity contribution in [3.05, 3.63) is 57.6 Å². The summed E-state index contributed by atoms with van der Waals surface area (Å²) in [6, 6.07) is 11.4. The van der Waals surface area contributed by atoms with Crippen molar-refractivity contribution in [1.82, 2.24) is 14.1 Å². The van der Waals surface area contributed by atoms with Gasteiger partial charge in [0.2, 0.25) is 5.91 Å². The molecule has 0 saturated carbocycles. The molecule has 0 saturated heterocycles. The number of nitrogens with zero attached hydrogens (tertiary/aromatic N) is 3. The lowest BCUT2D eigenvalue weighted by atomic mass is 10.3. The number of thiazole rings is 1. The number of hydrogen-bond acceptors (Lipinski definition) is 5. The molecule has 4 rings (SSSR count). The predicted octanol–water partition coefficient (Wildman–Crippen LogP) is 3.16. The number of nitrogens with one attached hydrogen (secondary N) is 1. The van der Waals surface area contributed by atoms with Gasteiger partial charge in [0.1, 0.15) is 6.54 Å². The minimum Gasteiger partial charge on any atom is -0.300 e. The predicted molar refractivity (Wildman–Crippen MR) is 101 cm³/mol. The van der Waals surface area contributed by atoms with Gasteiger partial charge in [0, 0.05) is 12.4 Å². The van der Waals surface area contributed by atoms with Gasteiger partial charge < -0.3 is 5.32 Å². The zero-order valence-electron chi connectivity index (χ0n) is 13.3. The number of imidazole rings is 1. The van der Waals surface area contributed by atoms with Crippen LogP contribution in [0.5, 0.6) is 0 Å². The maximum atomic E-state index is 12.4. The number of aromatic nitrogens is 3. The molecular weight excluding hydrogens is 356 g/mol. The largest absolute Gasteiger partial charge is 0.329 e. The zero-order chi connectivity index (χ0) is 17.4. The molecule has 3 heterocycles. The molecule has 1 aromatic carbocycles. The molecule has 4 aromatic rings. The van der Waals surface area contributed by atoms with Gasteiger partial charge in [-0.3, -0.25) is 13.9 Å². The van der Waals surface area contributed by atoms with Crippen molar-refractivity contribution in [2.45, 2.75) is 6.54 Å². The highest BCUT2D eigenvalue weighted by atomic mass is 32.1. The molecule has 0 atom stereocenters. The lowest BCUT2D eigenvalue weighted by molar-refractivity contribution is -0.116. The Kier molecular flexibility index (Phi) is 3.98. The van der Waals surface area contributed by atoms with Crippen molar-refractivity contribution >= 4 is 44.7 Å². The van der Waals surface area contributed by atoms with Crippen molar-refractivity contribution in [2.75, 3.05) is 5.32 Å². The van der Waals surface area contributed by atoms with E-state index in [2.05, 4.69) is 10.3 Å².